The molecule has 20 heavy (non-hydrogen) atoms. The number of carbonyl (C=O) groups excluding carboxylic acids is 1. The fourth-order valence-corrected chi connectivity index (χ4v) is 1.58. The Bertz CT molecular complexity index is 510. The van der Waals surface area contributed by atoms with Crippen molar-refractivity contribution in [3.63, 3.8) is 0 Å². The first kappa shape index (κ1) is 15.8. The number of aliphatic hydroxyl groups excluding tert-OH is 1. The highest BCUT2D eigenvalue weighted by atomic mass is 19.3. The molecule has 3 N–H and O–H groups in total. The predicted octanol–water partition coefficient (Wildman–Crippen LogP) is 0.877. The van der Waals surface area contributed by atoms with Crippen molar-refractivity contribution < 1.29 is 23.6 Å². The van der Waals surface area contributed by atoms with Crippen LogP contribution in [0.4, 0.5) is 20.2 Å². The molecule has 110 valence electrons. The molecule has 0 saturated heterocycles. The molecule has 0 aliphatic rings. The van der Waals surface area contributed by atoms with Gasteiger partial charge >= 0.3 is 0 Å². The predicted molar refractivity (Wildman–Crippen MR) is 66.5 cm³/mol. The number of nitrogen functional groups attached to an aromatic ring is 1. The van der Waals surface area contributed by atoms with E-state index in [2.05, 4.69) is 0 Å². The number of hydrogen-bond acceptors (Lipinski definition) is 5. The van der Waals surface area contributed by atoms with Crippen LogP contribution in [0.1, 0.15) is 10.4 Å². The van der Waals surface area contributed by atoms with Crippen molar-refractivity contribution in [2.45, 2.75) is 6.43 Å². The van der Waals surface area contributed by atoms with Crippen molar-refractivity contribution in [3.05, 3.63) is 33.9 Å². The molecule has 0 saturated carbocycles. The first-order valence-corrected chi connectivity index (χ1v) is 5.59. The number of carbonyl (C=O) groups is 1. The molecule has 0 fully saturated rings. The molecular weight excluding hydrogens is 276 g/mol. The third kappa shape index (κ3) is 3.85. The van der Waals surface area contributed by atoms with Crippen molar-refractivity contribution in [3.8, 4) is 0 Å². The number of anilines is 1. The lowest BCUT2D eigenvalue weighted by Crippen LogP contribution is -2.37. The smallest absolute Gasteiger partial charge is 0.270 e. The van der Waals surface area contributed by atoms with Crippen molar-refractivity contribution in [1.29, 1.82) is 0 Å². The summed E-state index contributed by atoms with van der Waals surface area (Å²) in [7, 11) is 0. The summed E-state index contributed by atoms with van der Waals surface area (Å²) in [5.74, 6) is -0.888. The fraction of sp³-hybridized carbons (Fsp3) is 0.364. The molecule has 0 atom stereocenters. The topological polar surface area (TPSA) is 110 Å². The van der Waals surface area contributed by atoms with Crippen LogP contribution >= 0.6 is 0 Å². The molecule has 0 radical (unpaired) electrons. The number of alkyl halides is 2. The van der Waals surface area contributed by atoms with Crippen LogP contribution in [-0.2, 0) is 0 Å². The van der Waals surface area contributed by atoms with Crippen molar-refractivity contribution in [1.82, 2.24) is 4.90 Å². The molecule has 1 aromatic rings. The molecule has 1 aromatic carbocycles. The maximum absolute atomic E-state index is 12.4. The number of halogens is 2. The first-order chi connectivity index (χ1) is 9.36. The van der Waals surface area contributed by atoms with Gasteiger partial charge < -0.3 is 15.7 Å². The maximum Gasteiger partial charge on any atom is 0.270 e. The molecule has 1 rings (SSSR count). The van der Waals surface area contributed by atoms with Gasteiger partial charge in [0.15, 0.2) is 0 Å². The average Bonchev–Trinajstić information content (AvgIpc) is 2.37. The van der Waals surface area contributed by atoms with E-state index in [0.29, 0.717) is 4.90 Å². The summed E-state index contributed by atoms with van der Waals surface area (Å²) in [6.45, 7) is -1.71. The summed E-state index contributed by atoms with van der Waals surface area (Å²) in [5.41, 5.74) is 4.86. The van der Waals surface area contributed by atoms with Crippen LogP contribution in [0.2, 0.25) is 0 Å². The summed E-state index contributed by atoms with van der Waals surface area (Å²) in [6, 6.07) is 3.19. The van der Waals surface area contributed by atoms with E-state index in [0.717, 1.165) is 18.2 Å². The van der Waals surface area contributed by atoms with E-state index in [-0.39, 0.29) is 23.5 Å². The number of nitrogens with two attached hydrogens (primary N) is 1. The Morgan fingerprint density at radius 2 is 2.15 bits per heavy atom. The van der Waals surface area contributed by atoms with Gasteiger partial charge in [-0.05, 0) is 6.07 Å². The van der Waals surface area contributed by atoms with Gasteiger partial charge in [0, 0.05) is 24.4 Å². The normalized spacial score (nSPS) is 10.6. The summed E-state index contributed by atoms with van der Waals surface area (Å²) in [5, 5.41) is 19.4. The van der Waals surface area contributed by atoms with Gasteiger partial charge in [0.1, 0.15) is 0 Å². The summed E-state index contributed by atoms with van der Waals surface area (Å²) in [4.78, 5) is 22.7. The second kappa shape index (κ2) is 6.75. The highest BCUT2D eigenvalue weighted by Gasteiger charge is 2.23. The molecule has 0 aromatic heterocycles. The Hall–Kier alpha value is -2.29. The molecular formula is C11H13F2N3O4. The van der Waals surface area contributed by atoms with E-state index >= 15 is 0 Å². The lowest BCUT2D eigenvalue weighted by molar-refractivity contribution is -0.384. The number of aliphatic hydroxyl groups is 1. The summed E-state index contributed by atoms with van der Waals surface area (Å²) >= 11 is 0. The number of non-ortho nitro benzene ring substituents is 1. The van der Waals surface area contributed by atoms with E-state index < -0.39 is 30.4 Å². The number of nitro groups is 1. The summed E-state index contributed by atoms with van der Waals surface area (Å²) in [6.07, 6.45) is -2.79. The molecule has 0 unspecified atom stereocenters. The third-order valence-corrected chi connectivity index (χ3v) is 2.49. The molecule has 0 aliphatic carbocycles. The number of hydrogen-bond donors (Lipinski definition) is 2. The van der Waals surface area contributed by atoms with Crippen LogP contribution in [0.5, 0.6) is 0 Å². The standard InChI is InChI=1S/C11H13F2N3O4/c12-10(13)6-15(3-4-17)11(18)8-5-7(16(19)20)1-2-9(8)14/h1-2,5,10,17H,3-4,6,14H2. The van der Waals surface area contributed by atoms with E-state index in [1.165, 1.54) is 0 Å². The second-order valence-corrected chi connectivity index (χ2v) is 3.89. The van der Waals surface area contributed by atoms with E-state index in [4.69, 9.17) is 10.8 Å². The highest BCUT2D eigenvalue weighted by Crippen LogP contribution is 2.21. The van der Waals surface area contributed by atoms with Crippen LogP contribution in [0, 0.1) is 10.1 Å². The van der Waals surface area contributed by atoms with Gasteiger partial charge in [-0.25, -0.2) is 8.78 Å². The Balaban J connectivity index is 3.10. The van der Waals surface area contributed by atoms with Gasteiger partial charge in [-0.1, -0.05) is 0 Å². The first-order valence-electron chi connectivity index (χ1n) is 5.59. The Labute approximate surface area is 112 Å². The van der Waals surface area contributed by atoms with E-state index in [9.17, 15) is 23.7 Å². The molecule has 0 aliphatic heterocycles. The molecule has 0 heterocycles. The lowest BCUT2D eigenvalue weighted by atomic mass is 10.1. The minimum atomic E-state index is -2.79. The van der Waals surface area contributed by atoms with Crippen LogP contribution in [0.25, 0.3) is 0 Å². The monoisotopic (exact) mass is 289 g/mol. The zero-order valence-electron chi connectivity index (χ0n) is 10.3. The van der Waals surface area contributed by atoms with Crippen molar-refractivity contribution in [2.75, 3.05) is 25.4 Å². The largest absolute Gasteiger partial charge is 0.398 e. The van der Waals surface area contributed by atoms with Crippen molar-refractivity contribution in [2.24, 2.45) is 0 Å². The van der Waals surface area contributed by atoms with Gasteiger partial charge in [0.25, 0.3) is 18.0 Å². The molecule has 9 heteroatoms. The number of nitro benzene ring substituents is 1. The lowest BCUT2D eigenvalue weighted by Gasteiger charge is -2.21. The molecule has 1 amide bonds. The maximum atomic E-state index is 12.4. The van der Waals surface area contributed by atoms with Gasteiger partial charge in [-0.3, -0.25) is 14.9 Å². The molecule has 7 nitrogen and oxygen atoms in total. The van der Waals surface area contributed by atoms with Crippen LogP contribution < -0.4 is 5.73 Å². The van der Waals surface area contributed by atoms with Crippen LogP contribution in [0.15, 0.2) is 18.2 Å². The SMILES string of the molecule is Nc1ccc([N+](=O)[O-])cc1C(=O)N(CCO)CC(F)F. The molecule has 0 spiro atoms. The number of amides is 1. The Kier molecular flexibility index (Phi) is 5.32. The highest BCUT2D eigenvalue weighted by molar-refractivity contribution is 5.99. The van der Waals surface area contributed by atoms with E-state index in [1.54, 1.807) is 0 Å². The van der Waals surface area contributed by atoms with Crippen LogP contribution in [-0.4, -0.2) is 47.0 Å². The van der Waals surface area contributed by atoms with Gasteiger partial charge in [0.05, 0.1) is 23.6 Å². The zero-order valence-corrected chi connectivity index (χ0v) is 10.3. The Morgan fingerprint density at radius 1 is 1.50 bits per heavy atom. The minimum absolute atomic E-state index is 0.0576. The second-order valence-electron chi connectivity index (χ2n) is 3.89. The van der Waals surface area contributed by atoms with Gasteiger partial charge in [-0.2, -0.15) is 0 Å². The van der Waals surface area contributed by atoms with Crippen molar-refractivity contribution >= 4 is 17.3 Å². The van der Waals surface area contributed by atoms with Crippen LogP contribution in [0.3, 0.4) is 0 Å². The quantitative estimate of drug-likeness (QED) is 0.459. The van der Waals surface area contributed by atoms with Gasteiger partial charge in [0.2, 0.25) is 0 Å². The van der Waals surface area contributed by atoms with E-state index in [1.807, 2.05) is 0 Å². The zero-order chi connectivity index (χ0) is 15.3. The fourth-order valence-electron chi connectivity index (χ4n) is 1.58. The number of nitrogens with zero attached hydrogens (tertiary/aromatic N) is 2. The Morgan fingerprint density at radius 3 is 2.65 bits per heavy atom. The molecule has 0 bridgehead atoms. The number of rotatable bonds is 6. The third-order valence-electron chi connectivity index (χ3n) is 2.49. The van der Waals surface area contributed by atoms with Gasteiger partial charge in [-0.15, -0.1) is 0 Å². The average molecular weight is 289 g/mol. The minimum Gasteiger partial charge on any atom is -0.398 e. The summed E-state index contributed by atoms with van der Waals surface area (Å²) < 4.78 is 24.8. The number of benzene rings is 1.